The average molecular weight is 393 g/mol. The lowest BCUT2D eigenvalue weighted by molar-refractivity contribution is -0.141. The van der Waals surface area contributed by atoms with Crippen molar-refractivity contribution >= 4 is 40.2 Å². The van der Waals surface area contributed by atoms with Gasteiger partial charge >= 0.3 is 6.18 Å². The summed E-state index contributed by atoms with van der Waals surface area (Å²) in [5.41, 5.74) is 0.109. The van der Waals surface area contributed by atoms with Crippen LogP contribution in [-0.4, -0.2) is 14.8 Å². The van der Waals surface area contributed by atoms with Gasteiger partial charge in [-0.2, -0.15) is 18.3 Å². The molecule has 0 saturated heterocycles. The van der Waals surface area contributed by atoms with E-state index in [4.69, 9.17) is 23.2 Å². The molecule has 0 radical (unpaired) electrons. The van der Waals surface area contributed by atoms with Crippen molar-refractivity contribution in [2.24, 2.45) is 0 Å². The molecule has 2 heterocycles. The zero-order valence-electron chi connectivity index (χ0n) is 11.8. The van der Waals surface area contributed by atoms with E-state index >= 15 is 0 Å². The Kier molecular flexibility index (Phi) is 4.71. The molecule has 1 aromatic carbocycles. The Hall–Kier alpha value is -1.77. The quantitative estimate of drug-likeness (QED) is 0.657. The molecule has 10 heteroatoms. The maximum absolute atomic E-state index is 12.6. The number of nitrogens with one attached hydrogen (secondary N) is 1. The molecule has 24 heavy (non-hydrogen) atoms. The molecule has 3 aromatic rings. The van der Waals surface area contributed by atoms with E-state index in [1.165, 1.54) is 17.5 Å². The maximum atomic E-state index is 12.6. The predicted octanol–water partition coefficient (Wildman–Crippen LogP) is 5.27. The Morgan fingerprint density at radius 3 is 2.58 bits per heavy atom. The minimum absolute atomic E-state index is 0.277. The minimum atomic E-state index is -4.49. The largest absolute Gasteiger partial charge is 0.435 e. The number of hydrogen-bond acceptors (Lipinski definition) is 4. The first-order valence-corrected chi connectivity index (χ1v) is 8.17. The summed E-state index contributed by atoms with van der Waals surface area (Å²) in [6.45, 7) is 0.514. The second-order valence-corrected chi connectivity index (χ2v) is 6.85. The Morgan fingerprint density at radius 2 is 2.00 bits per heavy atom. The second kappa shape index (κ2) is 6.62. The van der Waals surface area contributed by atoms with Crippen LogP contribution in [0.3, 0.4) is 0 Å². The molecule has 2 aromatic heterocycles. The molecule has 0 amide bonds. The van der Waals surface area contributed by atoms with Crippen molar-refractivity contribution in [1.82, 2.24) is 14.8 Å². The van der Waals surface area contributed by atoms with Gasteiger partial charge in [-0.15, -0.1) is 11.3 Å². The van der Waals surface area contributed by atoms with Crippen LogP contribution in [0.15, 0.2) is 36.7 Å². The number of alkyl halides is 3. The van der Waals surface area contributed by atoms with E-state index in [0.717, 1.165) is 21.3 Å². The van der Waals surface area contributed by atoms with Gasteiger partial charge in [0.05, 0.1) is 17.3 Å². The van der Waals surface area contributed by atoms with Crippen molar-refractivity contribution in [3.63, 3.8) is 0 Å². The van der Waals surface area contributed by atoms with Crippen molar-refractivity contribution in [1.29, 1.82) is 0 Å². The molecular weight excluding hydrogens is 384 g/mol. The predicted molar refractivity (Wildman–Crippen MR) is 88.0 cm³/mol. The molecule has 0 aliphatic carbocycles. The Morgan fingerprint density at radius 1 is 1.21 bits per heavy atom. The first kappa shape index (κ1) is 17.1. The highest BCUT2D eigenvalue weighted by Crippen LogP contribution is 2.30. The molecule has 4 nitrogen and oxygen atoms in total. The topological polar surface area (TPSA) is 42.7 Å². The molecule has 0 spiro atoms. The number of nitrogens with zero attached hydrogens (tertiary/aromatic N) is 3. The molecule has 0 aliphatic rings. The van der Waals surface area contributed by atoms with Gasteiger partial charge in [0.1, 0.15) is 0 Å². The van der Waals surface area contributed by atoms with Crippen molar-refractivity contribution in [2.45, 2.75) is 12.7 Å². The van der Waals surface area contributed by atoms with Crippen LogP contribution in [0.2, 0.25) is 9.49 Å². The summed E-state index contributed by atoms with van der Waals surface area (Å²) in [7, 11) is 0. The normalized spacial score (nSPS) is 11.7. The van der Waals surface area contributed by atoms with Crippen molar-refractivity contribution < 1.29 is 13.2 Å². The molecule has 0 bridgehead atoms. The highest BCUT2D eigenvalue weighted by molar-refractivity contribution is 7.15. The van der Waals surface area contributed by atoms with Gasteiger partial charge in [-0.05, 0) is 24.3 Å². The lowest BCUT2D eigenvalue weighted by Crippen LogP contribution is -2.07. The number of halogens is 5. The molecule has 0 saturated carbocycles. The Labute approximate surface area is 148 Å². The summed E-state index contributed by atoms with van der Waals surface area (Å²) in [5, 5.41) is 6.92. The molecule has 0 unspecified atom stereocenters. The van der Waals surface area contributed by atoms with Gasteiger partial charge in [-0.25, -0.2) is 9.67 Å². The number of benzene rings is 1. The number of rotatable bonds is 4. The third kappa shape index (κ3) is 3.82. The lowest BCUT2D eigenvalue weighted by Gasteiger charge is -2.09. The zero-order valence-corrected chi connectivity index (χ0v) is 14.1. The van der Waals surface area contributed by atoms with E-state index in [0.29, 0.717) is 16.7 Å². The average Bonchev–Trinajstić information content (AvgIpc) is 3.14. The number of thiazole rings is 1. The second-order valence-electron chi connectivity index (χ2n) is 4.74. The third-order valence-corrected chi connectivity index (χ3v) is 4.48. The summed E-state index contributed by atoms with van der Waals surface area (Å²) in [5.74, 6) is 0. The standard InChI is InChI=1S/C14H9Cl2F3N4S/c15-10-5-8(20-6-9-7-21-13(16)24-9)1-2-11(10)23-4-3-12(22-23)14(17,18)19/h1-5,7,20H,6H2. The molecule has 0 aliphatic heterocycles. The SMILES string of the molecule is FC(F)(F)c1ccn(-c2ccc(NCc3cnc(Cl)s3)cc2Cl)n1. The van der Waals surface area contributed by atoms with E-state index in [1.807, 2.05) is 0 Å². The Bertz CT molecular complexity index is 860. The molecule has 1 N–H and O–H groups in total. The van der Waals surface area contributed by atoms with E-state index < -0.39 is 11.9 Å². The number of aromatic nitrogens is 3. The number of hydrogen-bond donors (Lipinski definition) is 1. The van der Waals surface area contributed by atoms with Gasteiger partial charge in [0, 0.05) is 23.0 Å². The van der Waals surface area contributed by atoms with Gasteiger partial charge < -0.3 is 5.32 Å². The molecule has 3 rings (SSSR count). The Balaban J connectivity index is 1.76. The lowest BCUT2D eigenvalue weighted by atomic mass is 10.2. The van der Waals surface area contributed by atoms with Gasteiger partial charge in [0.25, 0.3) is 0 Å². The molecule has 0 atom stereocenters. The fourth-order valence-electron chi connectivity index (χ4n) is 1.97. The van der Waals surface area contributed by atoms with Crippen LogP contribution in [0.5, 0.6) is 0 Å². The first-order valence-electron chi connectivity index (χ1n) is 6.60. The van der Waals surface area contributed by atoms with Crippen LogP contribution in [0, 0.1) is 0 Å². The van der Waals surface area contributed by atoms with Crippen LogP contribution >= 0.6 is 34.5 Å². The third-order valence-electron chi connectivity index (χ3n) is 3.07. The molecular formula is C14H9Cl2F3N4S. The first-order chi connectivity index (χ1) is 11.3. The van der Waals surface area contributed by atoms with Crippen molar-refractivity contribution in [3.05, 3.63) is 56.7 Å². The molecule has 0 fully saturated rings. The van der Waals surface area contributed by atoms with Gasteiger partial charge in [-0.3, -0.25) is 0 Å². The maximum Gasteiger partial charge on any atom is 0.435 e. The van der Waals surface area contributed by atoms with E-state index in [2.05, 4.69) is 15.4 Å². The summed E-state index contributed by atoms with van der Waals surface area (Å²) in [6, 6.07) is 5.82. The van der Waals surface area contributed by atoms with Gasteiger partial charge in [0.15, 0.2) is 10.2 Å². The van der Waals surface area contributed by atoms with Crippen molar-refractivity contribution in [2.75, 3.05) is 5.32 Å². The zero-order chi connectivity index (χ0) is 17.3. The smallest absolute Gasteiger partial charge is 0.380 e. The summed E-state index contributed by atoms with van der Waals surface area (Å²) in [4.78, 5) is 4.88. The highest BCUT2D eigenvalue weighted by atomic mass is 35.5. The fourth-order valence-corrected chi connectivity index (χ4v) is 3.15. The van der Waals surface area contributed by atoms with Crippen LogP contribution < -0.4 is 5.32 Å². The summed E-state index contributed by atoms with van der Waals surface area (Å²) in [6.07, 6.45) is -1.61. The van der Waals surface area contributed by atoms with Crippen molar-refractivity contribution in [3.8, 4) is 5.69 Å². The van der Waals surface area contributed by atoms with Crippen LogP contribution in [0.25, 0.3) is 5.69 Å². The minimum Gasteiger partial charge on any atom is -0.380 e. The highest BCUT2D eigenvalue weighted by Gasteiger charge is 2.33. The molecule has 126 valence electrons. The van der Waals surface area contributed by atoms with Gasteiger partial charge in [0.2, 0.25) is 0 Å². The number of anilines is 1. The summed E-state index contributed by atoms with van der Waals surface area (Å²) < 4.78 is 39.4. The van der Waals surface area contributed by atoms with E-state index in [9.17, 15) is 13.2 Å². The van der Waals surface area contributed by atoms with Crippen LogP contribution in [-0.2, 0) is 12.7 Å². The monoisotopic (exact) mass is 392 g/mol. The van der Waals surface area contributed by atoms with Crippen LogP contribution in [0.4, 0.5) is 18.9 Å². The van der Waals surface area contributed by atoms with E-state index in [-0.39, 0.29) is 5.02 Å². The van der Waals surface area contributed by atoms with Gasteiger partial charge in [-0.1, -0.05) is 23.2 Å². The van der Waals surface area contributed by atoms with E-state index in [1.54, 1.807) is 24.4 Å². The van der Waals surface area contributed by atoms with Crippen LogP contribution in [0.1, 0.15) is 10.6 Å². The fraction of sp³-hybridized carbons (Fsp3) is 0.143. The summed E-state index contributed by atoms with van der Waals surface area (Å²) >= 11 is 13.3.